The Balaban J connectivity index is 2.54. The molecule has 0 bridgehead atoms. The van der Waals surface area contributed by atoms with Crippen LogP contribution < -0.4 is 11.1 Å². The summed E-state index contributed by atoms with van der Waals surface area (Å²) in [6, 6.07) is 4.83. The van der Waals surface area contributed by atoms with Gasteiger partial charge in [-0.2, -0.15) is 0 Å². The molecule has 3 N–H and O–H groups in total. The third kappa shape index (κ3) is 4.76. The minimum absolute atomic E-state index is 0.0874. The van der Waals surface area contributed by atoms with Crippen molar-refractivity contribution in [3.8, 4) is 0 Å². The van der Waals surface area contributed by atoms with Gasteiger partial charge in [0.15, 0.2) is 0 Å². The Hall–Kier alpha value is -1.20. The van der Waals surface area contributed by atoms with Crippen molar-refractivity contribution in [2.45, 2.75) is 20.3 Å². The highest BCUT2D eigenvalue weighted by Crippen LogP contribution is 2.18. The monoisotopic (exact) mass is 283 g/mol. The third-order valence-electron chi connectivity index (χ3n) is 3.12. The lowest BCUT2D eigenvalue weighted by Crippen LogP contribution is -2.25. The van der Waals surface area contributed by atoms with Crippen LogP contribution in [0.5, 0.6) is 0 Å². The van der Waals surface area contributed by atoms with Gasteiger partial charge in [-0.25, -0.2) is 4.39 Å². The number of nitrogens with one attached hydrogen (secondary N) is 1. The Morgan fingerprint density at radius 1 is 1.37 bits per heavy atom. The van der Waals surface area contributed by atoms with E-state index in [0.29, 0.717) is 11.3 Å². The van der Waals surface area contributed by atoms with E-state index in [1.165, 1.54) is 6.07 Å². The molecule has 0 aliphatic rings. The van der Waals surface area contributed by atoms with Crippen molar-refractivity contribution in [3.05, 3.63) is 29.6 Å². The molecule has 3 nitrogen and oxygen atoms in total. The largest absolute Gasteiger partial charge is 0.389 e. The first kappa shape index (κ1) is 15.9. The van der Waals surface area contributed by atoms with Crippen LogP contribution >= 0.6 is 12.2 Å². The predicted octanol–water partition coefficient (Wildman–Crippen LogP) is 2.60. The van der Waals surface area contributed by atoms with Gasteiger partial charge in [-0.1, -0.05) is 32.1 Å². The topological polar surface area (TPSA) is 41.3 Å². The van der Waals surface area contributed by atoms with Gasteiger partial charge < -0.3 is 16.0 Å². The second kappa shape index (κ2) is 8.07. The maximum absolute atomic E-state index is 13.6. The predicted molar refractivity (Wildman–Crippen MR) is 83.2 cm³/mol. The van der Waals surface area contributed by atoms with Gasteiger partial charge in [0, 0.05) is 12.2 Å². The lowest BCUT2D eigenvalue weighted by Gasteiger charge is -2.18. The summed E-state index contributed by atoms with van der Waals surface area (Å²) in [6.07, 6.45) is 0.995. The van der Waals surface area contributed by atoms with Crippen molar-refractivity contribution in [2.24, 2.45) is 5.73 Å². The first-order valence-corrected chi connectivity index (χ1v) is 7.05. The molecule has 1 rings (SSSR count). The first-order valence-electron chi connectivity index (χ1n) is 6.64. The van der Waals surface area contributed by atoms with E-state index < -0.39 is 0 Å². The van der Waals surface area contributed by atoms with Crippen LogP contribution in [-0.4, -0.2) is 36.1 Å². The normalized spacial score (nSPS) is 10.7. The minimum atomic E-state index is -0.374. The summed E-state index contributed by atoms with van der Waals surface area (Å²) in [5.74, 6) is -0.374. The number of nitrogens with zero attached hydrogens (tertiary/aromatic N) is 1. The van der Waals surface area contributed by atoms with E-state index in [1.54, 1.807) is 12.1 Å². The number of rotatable bonds is 8. The van der Waals surface area contributed by atoms with Gasteiger partial charge >= 0.3 is 0 Å². The van der Waals surface area contributed by atoms with E-state index in [4.69, 9.17) is 18.0 Å². The number of anilines is 1. The molecule has 19 heavy (non-hydrogen) atoms. The van der Waals surface area contributed by atoms with Crippen molar-refractivity contribution in [1.29, 1.82) is 0 Å². The molecule has 5 heteroatoms. The van der Waals surface area contributed by atoms with Crippen LogP contribution in [0.15, 0.2) is 18.2 Å². The first-order chi connectivity index (χ1) is 9.10. The zero-order valence-corrected chi connectivity index (χ0v) is 12.4. The van der Waals surface area contributed by atoms with Crippen LogP contribution in [0.25, 0.3) is 0 Å². The second-order valence-corrected chi connectivity index (χ2v) is 4.77. The molecule has 0 atom stereocenters. The van der Waals surface area contributed by atoms with Gasteiger partial charge in [-0.05, 0) is 38.2 Å². The Morgan fingerprint density at radius 2 is 2.05 bits per heavy atom. The summed E-state index contributed by atoms with van der Waals surface area (Å²) < 4.78 is 13.6. The smallest absolute Gasteiger partial charge is 0.135 e. The molecular weight excluding hydrogens is 261 g/mol. The Bertz CT molecular complexity index is 419. The maximum atomic E-state index is 13.6. The zero-order valence-electron chi connectivity index (χ0n) is 11.6. The maximum Gasteiger partial charge on any atom is 0.135 e. The number of hydrogen-bond donors (Lipinski definition) is 2. The van der Waals surface area contributed by atoms with Crippen LogP contribution in [-0.2, 0) is 0 Å². The van der Waals surface area contributed by atoms with Gasteiger partial charge in [-0.15, -0.1) is 0 Å². The summed E-state index contributed by atoms with van der Waals surface area (Å²) in [5.41, 5.74) is 6.53. The third-order valence-corrected chi connectivity index (χ3v) is 3.33. The van der Waals surface area contributed by atoms with E-state index in [1.807, 2.05) is 0 Å². The van der Waals surface area contributed by atoms with Crippen molar-refractivity contribution in [2.75, 3.05) is 31.5 Å². The van der Waals surface area contributed by atoms with Gasteiger partial charge in [-0.3, -0.25) is 0 Å². The van der Waals surface area contributed by atoms with Crippen LogP contribution in [0, 0.1) is 5.82 Å². The highest BCUT2D eigenvalue weighted by atomic mass is 32.1. The molecule has 1 aromatic rings. The van der Waals surface area contributed by atoms with Crippen molar-refractivity contribution < 1.29 is 4.39 Å². The summed E-state index contributed by atoms with van der Waals surface area (Å²) in [5, 5.41) is 3.20. The Morgan fingerprint density at radius 3 is 2.63 bits per heavy atom. The van der Waals surface area contributed by atoms with Crippen LogP contribution in [0.1, 0.15) is 25.8 Å². The summed E-state index contributed by atoms with van der Waals surface area (Å²) in [7, 11) is 0. The average molecular weight is 283 g/mol. The highest BCUT2D eigenvalue weighted by Gasteiger charge is 2.10. The molecule has 0 aliphatic carbocycles. The summed E-state index contributed by atoms with van der Waals surface area (Å²) in [6.45, 7) is 8.19. The van der Waals surface area contributed by atoms with Crippen molar-refractivity contribution >= 4 is 22.9 Å². The summed E-state index contributed by atoms with van der Waals surface area (Å²) in [4.78, 5) is 2.44. The zero-order chi connectivity index (χ0) is 14.3. The molecule has 106 valence electrons. The van der Waals surface area contributed by atoms with E-state index in [2.05, 4.69) is 24.1 Å². The molecule has 0 radical (unpaired) electrons. The molecule has 0 saturated carbocycles. The molecular formula is C14H22FN3S. The summed E-state index contributed by atoms with van der Waals surface area (Å²) >= 11 is 4.88. The van der Waals surface area contributed by atoms with Crippen molar-refractivity contribution in [3.63, 3.8) is 0 Å². The number of benzene rings is 1. The minimum Gasteiger partial charge on any atom is -0.389 e. The molecule has 0 fully saturated rings. The lowest BCUT2D eigenvalue weighted by molar-refractivity contribution is 0.303. The highest BCUT2D eigenvalue weighted by molar-refractivity contribution is 7.80. The van der Waals surface area contributed by atoms with Crippen LogP contribution in [0.3, 0.4) is 0 Å². The fourth-order valence-electron chi connectivity index (χ4n) is 1.99. The second-order valence-electron chi connectivity index (χ2n) is 4.33. The van der Waals surface area contributed by atoms with Gasteiger partial charge in [0.05, 0.1) is 5.56 Å². The fourth-order valence-corrected chi connectivity index (χ4v) is 2.19. The number of nitrogens with two attached hydrogens (primary N) is 1. The van der Waals surface area contributed by atoms with E-state index in [9.17, 15) is 4.39 Å². The molecule has 0 aromatic heterocycles. The quantitative estimate of drug-likeness (QED) is 0.568. The number of halogens is 1. The molecule has 0 saturated heterocycles. The van der Waals surface area contributed by atoms with Gasteiger partial charge in [0.1, 0.15) is 10.8 Å². The van der Waals surface area contributed by atoms with Crippen LogP contribution in [0.4, 0.5) is 10.1 Å². The van der Waals surface area contributed by atoms with Crippen LogP contribution in [0.2, 0.25) is 0 Å². The number of hydrogen-bond acceptors (Lipinski definition) is 3. The van der Waals surface area contributed by atoms with Gasteiger partial charge in [0.2, 0.25) is 0 Å². The SMILES string of the molecule is CCN(CC)CCCNc1cccc(F)c1C(N)=S. The van der Waals surface area contributed by atoms with Gasteiger partial charge in [0.25, 0.3) is 0 Å². The fraction of sp³-hybridized carbons (Fsp3) is 0.500. The van der Waals surface area contributed by atoms with E-state index in [-0.39, 0.29) is 10.8 Å². The molecule has 0 spiro atoms. The van der Waals surface area contributed by atoms with Crippen molar-refractivity contribution in [1.82, 2.24) is 4.90 Å². The Labute approximate surface area is 120 Å². The Kier molecular flexibility index (Phi) is 6.73. The lowest BCUT2D eigenvalue weighted by atomic mass is 10.1. The molecule has 1 aromatic carbocycles. The molecule has 0 heterocycles. The molecule has 0 unspecified atom stereocenters. The van der Waals surface area contributed by atoms with E-state index >= 15 is 0 Å². The standard InChI is InChI=1S/C14H22FN3S/c1-3-18(4-2)10-6-9-17-12-8-5-7-11(15)13(12)14(16)19/h5,7-8,17H,3-4,6,9-10H2,1-2H3,(H2,16,19). The number of thiocarbonyl (C=S) groups is 1. The molecule has 0 aliphatic heterocycles. The molecule has 0 amide bonds. The average Bonchev–Trinajstić information content (AvgIpc) is 2.38. The van der Waals surface area contributed by atoms with E-state index in [0.717, 1.165) is 32.6 Å².